The number of nitrogens with one attached hydrogen (secondary N) is 2. The molecule has 4 N–H and O–H groups in total. The summed E-state index contributed by atoms with van der Waals surface area (Å²) in [6.45, 7) is 3.49. The molecule has 8 heteroatoms. The van der Waals surface area contributed by atoms with Crippen molar-refractivity contribution < 1.29 is 18.8 Å². The maximum Gasteiger partial charge on any atom is 0.291 e. The maximum atomic E-state index is 12.6. The monoisotopic (exact) mass is 383 g/mol. The Balaban J connectivity index is 1.78. The van der Waals surface area contributed by atoms with E-state index in [4.69, 9.17) is 10.2 Å². The van der Waals surface area contributed by atoms with E-state index in [9.17, 15) is 14.4 Å². The summed E-state index contributed by atoms with van der Waals surface area (Å²) in [6.07, 6.45) is 1.41. The number of carbonyl (C=O) groups is 3. The number of rotatable bonds is 5. The molecule has 27 heavy (non-hydrogen) atoms. The SMILES string of the molecule is Cc1cc(NC(=O)c2ccco2)sc1C(=O)Nc1cccc(C(N)=O)c1C. The average Bonchev–Trinajstić information content (AvgIpc) is 3.26. The summed E-state index contributed by atoms with van der Waals surface area (Å²) >= 11 is 1.15. The van der Waals surface area contributed by atoms with Crippen molar-refractivity contribution in [3.05, 3.63) is 70.0 Å². The number of furan rings is 1. The first-order valence-electron chi connectivity index (χ1n) is 8.03. The third kappa shape index (κ3) is 3.90. The van der Waals surface area contributed by atoms with Crippen molar-refractivity contribution in [3.63, 3.8) is 0 Å². The normalized spacial score (nSPS) is 10.4. The predicted octanol–water partition coefficient (Wildman–Crippen LogP) is 3.56. The molecule has 0 bridgehead atoms. The van der Waals surface area contributed by atoms with Crippen LogP contribution >= 0.6 is 11.3 Å². The first-order chi connectivity index (χ1) is 12.9. The highest BCUT2D eigenvalue weighted by Crippen LogP contribution is 2.29. The fraction of sp³-hybridized carbons (Fsp3) is 0.105. The highest BCUT2D eigenvalue weighted by atomic mass is 32.1. The van der Waals surface area contributed by atoms with Crippen LogP contribution in [0.2, 0.25) is 0 Å². The largest absolute Gasteiger partial charge is 0.459 e. The summed E-state index contributed by atoms with van der Waals surface area (Å²) < 4.78 is 5.05. The van der Waals surface area contributed by atoms with E-state index in [1.165, 1.54) is 6.26 Å². The molecule has 2 heterocycles. The number of hydrogen-bond donors (Lipinski definition) is 3. The van der Waals surface area contributed by atoms with Gasteiger partial charge in [-0.15, -0.1) is 11.3 Å². The molecule has 3 aromatic rings. The Hall–Kier alpha value is -3.39. The van der Waals surface area contributed by atoms with Crippen LogP contribution in [0, 0.1) is 13.8 Å². The van der Waals surface area contributed by atoms with Crippen LogP contribution in [-0.2, 0) is 0 Å². The average molecular weight is 383 g/mol. The quantitative estimate of drug-likeness (QED) is 0.625. The second-order valence-corrected chi connectivity index (χ2v) is 6.90. The molecule has 0 saturated carbocycles. The van der Waals surface area contributed by atoms with E-state index >= 15 is 0 Å². The molecule has 0 fully saturated rings. The number of primary amides is 1. The lowest BCUT2D eigenvalue weighted by Gasteiger charge is -2.10. The van der Waals surface area contributed by atoms with Crippen LogP contribution in [-0.4, -0.2) is 17.7 Å². The first kappa shape index (κ1) is 18.4. The molecule has 7 nitrogen and oxygen atoms in total. The first-order valence-corrected chi connectivity index (χ1v) is 8.84. The van der Waals surface area contributed by atoms with Crippen LogP contribution in [0.5, 0.6) is 0 Å². The van der Waals surface area contributed by atoms with Gasteiger partial charge in [0.25, 0.3) is 11.8 Å². The molecule has 0 aliphatic carbocycles. The van der Waals surface area contributed by atoms with Crippen molar-refractivity contribution >= 4 is 39.7 Å². The smallest absolute Gasteiger partial charge is 0.291 e. The summed E-state index contributed by atoms with van der Waals surface area (Å²) in [5.41, 5.74) is 7.51. The lowest BCUT2D eigenvalue weighted by molar-refractivity contribution is 0.0990. The summed E-state index contributed by atoms with van der Waals surface area (Å²) in [4.78, 5) is 36.6. The fourth-order valence-corrected chi connectivity index (χ4v) is 3.53. The molecule has 0 saturated heterocycles. The number of nitrogens with two attached hydrogens (primary N) is 1. The van der Waals surface area contributed by atoms with Crippen LogP contribution in [0.1, 0.15) is 41.7 Å². The Morgan fingerprint density at radius 1 is 1.04 bits per heavy atom. The number of anilines is 2. The van der Waals surface area contributed by atoms with Gasteiger partial charge in [-0.1, -0.05) is 6.07 Å². The third-order valence-corrected chi connectivity index (χ3v) is 5.10. The van der Waals surface area contributed by atoms with E-state index in [2.05, 4.69) is 10.6 Å². The Morgan fingerprint density at radius 3 is 2.48 bits per heavy atom. The van der Waals surface area contributed by atoms with Crippen molar-refractivity contribution in [2.24, 2.45) is 5.73 Å². The molecular formula is C19H17N3O4S. The van der Waals surface area contributed by atoms with Crippen LogP contribution in [0.25, 0.3) is 0 Å². The Kier molecular flexibility index (Phi) is 5.09. The molecular weight excluding hydrogens is 366 g/mol. The van der Waals surface area contributed by atoms with Gasteiger partial charge >= 0.3 is 0 Å². The topological polar surface area (TPSA) is 114 Å². The minimum absolute atomic E-state index is 0.186. The van der Waals surface area contributed by atoms with Gasteiger partial charge in [-0.3, -0.25) is 14.4 Å². The number of amides is 3. The molecule has 0 aliphatic rings. The second-order valence-electron chi connectivity index (χ2n) is 5.85. The zero-order valence-electron chi connectivity index (χ0n) is 14.7. The van der Waals surface area contributed by atoms with Gasteiger partial charge in [0.05, 0.1) is 16.1 Å². The fourth-order valence-electron chi connectivity index (χ4n) is 2.57. The zero-order valence-corrected chi connectivity index (χ0v) is 15.5. The Labute approximate surface area is 159 Å². The maximum absolute atomic E-state index is 12.6. The minimum Gasteiger partial charge on any atom is -0.459 e. The van der Waals surface area contributed by atoms with E-state index in [0.29, 0.717) is 26.7 Å². The van der Waals surface area contributed by atoms with Gasteiger partial charge in [-0.2, -0.15) is 0 Å². The Morgan fingerprint density at radius 2 is 1.81 bits per heavy atom. The summed E-state index contributed by atoms with van der Waals surface area (Å²) in [5, 5.41) is 6.02. The zero-order chi connectivity index (χ0) is 19.6. The van der Waals surface area contributed by atoms with Crippen molar-refractivity contribution in [1.82, 2.24) is 0 Å². The molecule has 3 amide bonds. The third-order valence-electron chi connectivity index (χ3n) is 3.95. The number of thiophene rings is 1. The van der Waals surface area contributed by atoms with Gasteiger partial charge in [-0.25, -0.2) is 0 Å². The van der Waals surface area contributed by atoms with E-state index < -0.39 is 11.8 Å². The van der Waals surface area contributed by atoms with Gasteiger partial charge in [0.1, 0.15) is 0 Å². The van der Waals surface area contributed by atoms with Crippen LogP contribution < -0.4 is 16.4 Å². The molecule has 3 rings (SSSR count). The van der Waals surface area contributed by atoms with Crippen molar-refractivity contribution in [2.75, 3.05) is 10.6 Å². The number of hydrogen-bond acceptors (Lipinski definition) is 5. The molecule has 2 aromatic heterocycles. The molecule has 0 spiro atoms. The van der Waals surface area contributed by atoms with Gasteiger partial charge in [0.2, 0.25) is 5.91 Å². The number of aryl methyl sites for hydroxylation is 1. The van der Waals surface area contributed by atoms with Gasteiger partial charge in [-0.05, 0) is 55.3 Å². The Bertz CT molecular complexity index is 1020. The van der Waals surface area contributed by atoms with E-state index in [1.807, 2.05) is 0 Å². The van der Waals surface area contributed by atoms with Crippen LogP contribution in [0.15, 0.2) is 47.1 Å². The van der Waals surface area contributed by atoms with E-state index in [1.54, 1.807) is 50.2 Å². The molecule has 138 valence electrons. The molecule has 1 aromatic carbocycles. The lowest BCUT2D eigenvalue weighted by atomic mass is 10.1. The highest BCUT2D eigenvalue weighted by Gasteiger charge is 2.18. The molecule has 0 radical (unpaired) electrons. The van der Waals surface area contributed by atoms with Gasteiger partial charge in [0.15, 0.2) is 5.76 Å². The van der Waals surface area contributed by atoms with Crippen molar-refractivity contribution in [3.8, 4) is 0 Å². The molecule has 0 unspecified atom stereocenters. The van der Waals surface area contributed by atoms with E-state index in [-0.39, 0.29) is 11.7 Å². The summed E-state index contributed by atoms with van der Waals surface area (Å²) in [5.74, 6) is -1.09. The standard InChI is InChI=1S/C19H17N3O4S/c1-10-9-15(22-18(24)14-7-4-8-26-14)27-16(10)19(25)21-13-6-3-5-12(11(13)2)17(20)23/h3-9H,1-2H3,(H2,20,23)(H,21,25)(H,22,24). The van der Waals surface area contributed by atoms with Crippen molar-refractivity contribution in [1.29, 1.82) is 0 Å². The van der Waals surface area contributed by atoms with E-state index in [0.717, 1.165) is 16.9 Å². The minimum atomic E-state index is -0.557. The lowest BCUT2D eigenvalue weighted by Crippen LogP contribution is -2.16. The van der Waals surface area contributed by atoms with Crippen molar-refractivity contribution in [2.45, 2.75) is 13.8 Å². The van der Waals surface area contributed by atoms with Gasteiger partial charge < -0.3 is 20.8 Å². The second kappa shape index (κ2) is 7.46. The van der Waals surface area contributed by atoms with Crippen LogP contribution in [0.4, 0.5) is 10.7 Å². The highest BCUT2D eigenvalue weighted by molar-refractivity contribution is 7.18. The van der Waals surface area contributed by atoms with Crippen LogP contribution in [0.3, 0.4) is 0 Å². The number of carbonyl (C=O) groups excluding carboxylic acids is 3. The van der Waals surface area contributed by atoms with Gasteiger partial charge in [0, 0.05) is 11.3 Å². The molecule has 0 atom stereocenters. The summed E-state index contributed by atoms with van der Waals surface area (Å²) in [6, 6.07) is 9.84. The predicted molar refractivity (Wildman–Crippen MR) is 103 cm³/mol. The summed E-state index contributed by atoms with van der Waals surface area (Å²) in [7, 11) is 0. The molecule has 0 aliphatic heterocycles. The number of benzene rings is 1.